The number of hydrogen-bond donors (Lipinski definition) is 0. The molecule has 0 unspecified atom stereocenters. The summed E-state index contributed by atoms with van der Waals surface area (Å²) in [5.74, 6) is 0.643. The van der Waals surface area contributed by atoms with E-state index in [-0.39, 0.29) is 0 Å². The molecule has 62 valence electrons. The molecule has 1 rings (SSSR count). The van der Waals surface area contributed by atoms with Crippen molar-refractivity contribution >= 4 is 43.5 Å². The fourth-order valence-electron chi connectivity index (χ4n) is 0.649. The average Bonchev–Trinajstić information content (AvgIpc) is 2.26. The summed E-state index contributed by atoms with van der Waals surface area (Å²) in [5.41, 5.74) is 0. The summed E-state index contributed by atoms with van der Waals surface area (Å²) in [5, 5.41) is 4.06. The molecule has 0 fully saturated rings. The summed E-state index contributed by atoms with van der Waals surface area (Å²) >= 11 is 12.0. The molecular formula is C5H6Br2ClN3. The van der Waals surface area contributed by atoms with Gasteiger partial charge in [0, 0.05) is 12.4 Å². The van der Waals surface area contributed by atoms with E-state index in [4.69, 9.17) is 11.6 Å². The van der Waals surface area contributed by atoms with Gasteiger partial charge in [0.25, 0.3) is 0 Å². The Morgan fingerprint density at radius 3 is 2.64 bits per heavy atom. The van der Waals surface area contributed by atoms with Crippen molar-refractivity contribution in [3.63, 3.8) is 0 Å². The van der Waals surface area contributed by atoms with Gasteiger partial charge >= 0.3 is 0 Å². The molecule has 0 aliphatic carbocycles. The standard InChI is InChI=1S/C5H6Br2ClN3/c6-4-9-5(7)11(10-4)3-1-2-8/h1-3H2. The zero-order chi connectivity index (χ0) is 8.27. The Balaban J connectivity index is 2.62. The van der Waals surface area contributed by atoms with E-state index in [1.807, 2.05) is 0 Å². The van der Waals surface area contributed by atoms with Crippen LogP contribution in [0.25, 0.3) is 0 Å². The number of hydrogen-bond acceptors (Lipinski definition) is 2. The number of rotatable bonds is 3. The molecule has 0 radical (unpaired) electrons. The van der Waals surface area contributed by atoms with E-state index in [2.05, 4.69) is 41.9 Å². The molecule has 1 aromatic heterocycles. The van der Waals surface area contributed by atoms with E-state index in [0.29, 0.717) is 10.6 Å². The highest BCUT2D eigenvalue weighted by molar-refractivity contribution is 9.11. The van der Waals surface area contributed by atoms with E-state index < -0.39 is 0 Å². The Hall–Kier alpha value is 0.390. The Morgan fingerprint density at radius 1 is 1.45 bits per heavy atom. The minimum absolute atomic E-state index is 0.596. The van der Waals surface area contributed by atoms with Crippen molar-refractivity contribution in [3.8, 4) is 0 Å². The largest absolute Gasteiger partial charge is 0.239 e. The molecule has 0 spiro atoms. The minimum Gasteiger partial charge on any atom is -0.239 e. The van der Waals surface area contributed by atoms with E-state index in [1.54, 1.807) is 4.68 Å². The smallest absolute Gasteiger partial charge is 0.218 e. The Kier molecular flexibility index (Phi) is 3.81. The molecule has 0 aliphatic rings. The maximum Gasteiger partial charge on any atom is 0.218 e. The van der Waals surface area contributed by atoms with E-state index in [0.717, 1.165) is 17.7 Å². The van der Waals surface area contributed by atoms with Crippen LogP contribution >= 0.6 is 43.5 Å². The van der Waals surface area contributed by atoms with Crippen molar-refractivity contribution in [3.05, 3.63) is 9.47 Å². The lowest BCUT2D eigenvalue weighted by Crippen LogP contribution is -2.00. The number of aromatic nitrogens is 3. The first-order chi connectivity index (χ1) is 5.24. The van der Waals surface area contributed by atoms with Crippen LogP contribution in [-0.2, 0) is 6.54 Å². The highest BCUT2D eigenvalue weighted by atomic mass is 79.9. The predicted octanol–water partition coefficient (Wildman–Crippen LogP) is 2.43. The number of aryl methyl sites for hydroxylation is 1. The van der Waals surface area contributed by atoms with E-state index in [1.165, 1.54) is 0 Å². The van der Waals surface area contributed by atoms with Crippen LogP contribution in [0.5, 0.6) is 0 Å². The Labute approximate surface area is 86.4 Å². The summed E-state index contributed by atoms with van der Waals surface area (Å²) in [6, 6.07) is 0. The molecule has 1 aromatic rings. The lowest BCUT2D eigenvalue weighted by Gasteiger charge is -1.97. The topological polar surface area (TPSA) is 30.7 Å². The zero-order valence-electron chi connectivity index (χ0n) is 5.60. The lowest BCUT2D eigenvalue weighted by molar-refractivity contribution is 0.588. The fourth-order valence-corrected chi connectivity index (χ4v) is 1.79. The Morgan fingerprint density at radius 2 is 2.18 bits per heavy atom. The van der Waals surface area contributed by atoms with Crippen molar-refractivity contribution in [2.24, 2.45) is 0 Å². The van der Waals surface area contributed by atoms with Crippen molar-refractivity contribution in [2.45, 2.75) is 13.0 Å². The van der Waals surface area contributed by atoms with Gasteiger partial charge in [-0.2, -0.15) is 4.98 Å². The molecule has 0 N–H and O–H groups in total. The van der Waals surface area contributed by atoms with Gasteiger partial charge in [-0.15, -0.1) is 16.7 Å². The zero-order valence-corrected chi connectivity index (χ0v) is 9.52. The first-order valence-corrected chi connectivity index (χ1v) is 5.18. The third kappa shape index (κ3) is 2.72. The van der Waals surface area contributed by atoms with Crippen LogP contribution in [0.2, 0.25) is 0 Å². The molecule has 6 heteroatoms. The highest BCUT2D eigenvalue weighted by Gasteiger charge is 2.02. The van der Waals surface area contributed by atoms with Gasteiger partial charge in [-0.3, -0.25) is 0 Å². The van der Waals surface area contributed by atoms with Crippen LogP contribution < -0.4 is 0 Å². The van der Waals surface area contributed by atoms with Crippen LogP contribution in [0.4, 0.5) is 0 Å². The second kappa shape index (κ2) is 4.42. The summed E-state index contributed by atoms with van der Waals surface area (Å²) < 4.78 is 3.08. The summed E-state index contributed by atoms with van der Waals surface area (Å²) in [4.78, 5) is 4.01. The van der Waals surface area contributed by atoms with Gasteiger partial charge in [-0.25, -0.2) is 4.68 Å². The number of nitrogens with zero attached hydrogens (tertiary/aromatic N) is 3. The molecule has 0 amide bonds. The molecule has 0 saturated carbocycles. The normalized spacial score (nSPS) is 10.5. The lowest BCUT2D eigenvalue weighted by atomic mass is 10.5. The molecule has 0 aliphatic heterocycles. The van der Waals surface area contributed by atoms with E-state index >= 15 is 0 Å². The van der Waals surface area contributed by atoms with Crippen LogP contribution in [0.1, 0.15) is 6.42 Å². The first kappa shape index (κ1) is 9.48. The van der Waals surface area contributed by atoms with Crippen molar-refractivity contribution in [2.75, 3.05) is 5.88 Å². The molecule has 0 atom stereocenters. The van der Waals surface area contributed by atoms with Crippen LogP contribution in [0.15, 0.2) is 9.47 Å². The predicted molar refractivity (Wildman–Crippen MR) is 50.8 cm³/mol. The third-order valence-corrected chi connectivity index (χ3v) is 2.29. The van der Waals surface area contributed by atoms with E-state index in [9.17, 15) is 0 Å². The molecule has 3 nitrogen and oxygen atoms in total. The van der Waals surface area contributed by atoms with Crippen molar-refractivity contribution in [1.29, 1.82) is 0 Å². The fraction of sp³-hybridized carbons (Fsp3) is 0.600. The second-order valence-corrected chi connectivity index (χ2v) is 3.71. The summed E-state index contributed by atoms with van der Waals surface area (Å²) in [6.07, 6.45) is 0.899. The summed E-state index contributed by atoms with van der Waals surface area (Å²) in [6.45, 7) is 0.794. The average molecular weight is 303 g/mol. The molecule has 11 heavy (non-hydrogen) atoms. The van der Waals surface area contributed by atoms with Gasteiger partial charge in [0.05, 0.1) is 0 Å². The quantitative estimate of drug-likeness (QED) is 0.803. The van der Waals surface area contributed by atoms with Crippen LogP contribution in [0.3, 0.4) is 0 Å². The molecule has 0 saturated heterocycles. The summed E-state index contributed by atoms with van der Waals surface area (Å²) in [7, 11) is 0. The molecule has 0 aromatic carbocycles. The van der Waals surface area contributed by atoms with Crippen molar-refractivity contribution in [1.82, 2.24) is 14.8 Å². The van der Waals surface area contributed by atoms with Gasteiger partial charge in [0.15, 0.2) is 4.73 Å². The molecular weight excluding hydrogens is 297 g/mol. The molecule has 1 heterocycles. The van der Waals surface area contributed by atoms with Crippen LogP contribution in [0, 0.1) is 0 Å². The SMILES string of the molecule is ClCCCn1nc(Br)nc1Br. The van der Waals surface area contributed by atoms with Gasteiger partial charge in [0.2, 0.25) is 4.73 Å². The van der Waals surface area contributed by atoms with Crippen molar-refractivity contribution < 1.29 is 0 Å². The van der Waals surface area contributed by atoms with Crippen LogP contribution in [-0.4, -0.2) is 20.6 Å². The third-order valence-electron chi connectivity index (χ3n) is 1.10. The van der Waals surface area contributed by atoms with Gasteiger partial charge in [-0.05, 0) is 38.3 Å². The number of halogens is 3. The second-order valence-electron chi connectivity index (χ2n) is 1.92. The monoisotopic (exact) mass is 301 g/mol. The highest BCUT2D eigenvalue weighted by Crippen LogP contribution is 2.11. The minimum atomic E-state index is 0.596. The maximum absolute atomic E-state index is 5.52. The number of alkyl halides is 1. The van der Waals surface area contributed by atoms with Gasteiger partial charge < -0.3 is 0 Å². The maximum atomic E-state index is 5.52. The molecule has 0 bridgehead atoms. The Bertz CT molecular complexity index is 238. The van der Waals surface area contributed by atoms with Gasteiger partial charge in [-0.1, -0.05) is 0 Å². The first-order valence-electron chi connectivity index (χ1n) is 3.06. The van der Waals surface area contributed by atoms with Gasteiger partial charge in [0.1, 0.15) is 0 Å².